The van der Waals surface area contributed by atoms with E-state index < -0.39 is 0 Å². The Balaban J connectivity index is 0.000000146. The number of rotatable bonds is 0. The van der Waals surface area contributed by atoms with Crippen molar-refractivity contribution in [1.29, 1.82) is 0 Å². The van der Waals surface area contributed by atoms with Crippen LogP contribution in [0.3, 0.4) is 0 Å². The molecule has 1 aromatic rings. The number of ether oxygens (including phenoxy) is 1. The van der Waals surface area contributed by atoms with Gasteiger partial charge in [-0.05, 0) is 12.1 Å². The molecule has 0 aromatic heterocycles. The predicted molar refractivity (Wildman–Crippen MR) is 53.5 cm³/mol. The Morgan fingerprint density at radius 2 is 1.64 bits per heavy atom. The Hall–Kier alpha value is -1.26. The van der Waals surface area contributed by atoms with Gasteiger partial charge in [0.25, 0.3) is 0 Å². The van der Waals surface area contributed by atoms with E-state index in [1.165, 1.54) is 18.2 Å². The van der Waals surface area contributed by atoms with E-state index in [9.17, 15) is 0 Å². The van der Waals surface area contributed by atoms with Crippen molar-refractivity contribution in [2.75, 3.05) is 26.3 Å². The van der Waals surface area contributed by atoms with Gasteiger partial charge in [0.15, 0.2) is 0 Å². The lowest BCUT2D eigenvalue weighted by atomic mass is 10.3. The molecule has 1 fully saturated rings. The monoisotopic (exact) mass is 197 g/mol. The number of benzene rings is 1. The normalized spacial score (nSPS) is 15.4. The van der Waals surface area contributed by atoms with E-state index in [0.29, 0.717) is 0 Å². The Kier molecular flexibility index (Phi) is 4.82. The third kappa shape index (κ3) is 4.69. The fourth-order valence-electron chi connectivity index (χ4n) is 1.01. The second-order valence-corrected chi connectivity index (χ2v) is 2.88. The van der Waals surface area contributed by atoms with Crippen molar-refractivity contribution in [3.63, 3.8) is 0 Å². The molecule has 14 heavy (non-hydrogen) atoms. The summed E-state index contributed by atoms with van der Waals surface area (Å²) < 4.78 is 5.01. The highest BCUT2D eigenvalue weighted by atomic mass is 16.5. The van der Waals surface area contributed by atoms with Crippen LogP contribution in [0.4, 0.5) is 0 Å². The summed E-state index contributed by atoms with van der Waals surface area (Å²) in [5, 5.41) is 20.5. The molecule has 4 heteroatoms. The summed E-state index contributed by atoms with van der Waals surface area (Å²) in [5.74, 6) is 0.176. The average Bonchev–Trinajstić information content (AvgIpc) is 2.21. The molecule has 0 aliphatic carbocycles. The number of phenols is 2. The average molecular weight is 197 g/mol. The van der Waals surface area contributed by atoms with Crippen molar-refractivity contribution < 1.29 is 14.9 Å². The fraction of sp³-hybridized carbons (Fsp3) is 0.400. The summed E-state index contributed by atoms with van der Waals surface area (Å²) in [6, 6.07) is 5.85. The van der Waals surface area contributed by atoms with Crippen molar-refractivity contribution in [1.82, 2.24) is 5.32 Å². The van der Waals surface area contributed by atoms with E-state index in [1.54, 1.807) is 6.07 Å². The van der Waals surface area contributed by atoms with Crippen molar-refractivity contribution in [2.24, 2.45) is 0 Å². The second kappa shape index (κ2) is 6.23. The first kappa shape index (κ1) is 10.8. The highest BCUT2D eigenvalue weighted by molar-refractivity contribution is 5.30. The molecule has 4 nitrogen and oxygen atoms in total. The molecular weight excluding hydrogens is 182 g/mol. The Morgan fingerprint density at radius 3 is 1.86 bits per heavy atom. The van der Waals surface area contributed by atoms with Crippen molar-refractivity contribution in [3.05, 3.63) is 24.3 Å². The minimum absolute atomic E-state index is 0.0880. The molecule has 3 N–H and O–H groups in total. The molecule has 1 heterocycles. The standard InChI is InChI=1S/C6H6O2.C4H9NO/c7-5-2-1-3-6(8)4-5;1-3-6-4-2-5-1/h1-4,7-8H;5H,1-4H2. The minimum Gasteiger partial charge on any atom is -0.508 e. The first-order valence-electron chi connectivity index (χ1n) is 4.55. The molecule has 1 aliphatic heterocycles. The maximum absolute atomic E-state index is 8.65. The first-order valence-corrected chi connectivity index (χ1v) is 4.55. The Labute approximate surface area is 83.1 Å². The van der Waals surface area contributed by atoms with E-state index in [2.05, 4.69) is 5.32 Å². The zero-order chi connectivity index (χ0) is 10.2. The molecule has 0 spiro atoms. The topological polar surface area (TPSA) is 61.7 Å². The van der Waals surface area contributed by atoms with E-state index in [-0.39, 0.29) is 11.5 Å². The highest BCUT2D eigenvalue weighted by Gasteiger charge is 1.93. The Bertz CT molecular complexity index is 233. The summed E-state index contributed by atoms with van der Waals surface area (Å²) in [7, 11) is 0. The quantitative estimate of drug-likeness (QED) is 0.573. The third-order valence-corrected chi connectivity index (χ3v) is 1.68. The lowest BCUT2D eigenvalue weighted by Gasteiger charge is -2.10. The van der Waals surface area contributed by atoms with Gasteiger partial charge in [-0.25, -0.2) is 0 Å². The number of phenolic OH excluding ortho intramolecular Hbond substituents is 2. The summed E-state index contributed by atoms with van der Waals surface area (Å²) in [4.78, 5) is 0. The predicted octanol–water partition coefficient (Wildman–Crippen LogP) is 0.704. The van der Waals surface area contributed by atoms with Gasteiger partial charge < -0.3 is 20.3 Å². The van der Waals surface area contributed by atoms with Gasteiger partial charge >= 0.3 is 0 Å². The van der Waals surface area contributed by atoms with Crippen molar-refractivity contribution in [3.8, 4) is 11.5 Å². The summed E-state index contributed by atoms with van der Waals surface area (Å²) in [6.07, 6.45) is 0. The molecule has 1 saturated heterocycles. The van der Waals surface area contributed by atoms with Crippen LogP contribution in [0.15, 0.2) is 24.3 Å². The molecule has 2 rings (SSSR count). The third-order valence-electron chi connectivity index (χ3n) is 1.68. The lowest BCUT2D eigenvalue weighted by molar-refractivity contribution is 0.109. The molecule has 1 aliphatic rings. The number of morpholine rings is 1. The van der Waals surface area contributed by atoms with Gasteiger partial charge in [-0.1, -0.05) is 6.07 Å². The van der Waals surface area contributed by atoms with Gasteiger partial charge in [-0.3, -0.25) is 0 Å². The van der Waals surface area contributed by atoms with Crippen LogP contribution >= 0.6 is 0 Å². The van der Waals surface area contributed by atoms with Gasteiger partial charge in [0.05, 0.1) is 13.2 Å². The van der Waals surface area contributed by atoms with Crippen LogP contribution in [0.2, 0.25) is 0 Å². The second-order valence-electron chi connectivity index (χ2n) is 2.88. The molecule has 0 radical (unpaired) electrons. The number of aromatic hydroxyl groups is 2. The molecule has 0 amide bonds. The molecule has 0 unspecified atom stereocenters. The van der Waals surface area contributed by atoms with Crippen LogP contribution in [0.25, 0.3) is 0 Å². The van der Waals surface area contributed by atoms with E-state index >= 15 is 0 Å². The summed E-state index contributed by atoms with van der Waals surface area (Å²) in [5.41, 5.74) is 0. The van der Waals surface area contributed by atoms with Gasteiger partial charge in [-0.15, -0.1) is 0 Å². The van der Waals surface area contributed by atoms with Crippen molar-refractivity contribution >= 4 is 0 Å². The van der Waals surface area contributed by atoms with Crippen LogP contribution in [0.5, 0.6) is 11.5 Å². The Morgan fingerprint density at radius 1 is 1.07 bits per heavy atom. The molecule has 78 valence electrons. The van der Waals surface area contributed by atoms with E-state index in [0.717, 1.165) is 26.3 Å². The SMILES string of the molecule is C1COCCN1.Oc1cccc(O)c1. The number of hydrogen-bond donors (Lipinski definition) is 3. The van der Waals surface area contributed by atoms with Crippen LogP contribution in [0.1, 0.15) is 0 Å². The molecular formula is C10H15NO3. The van der Waals surface area contributed by atoms with Gasteiger partial charge in [-0.2, -0.15) is 0 Å². The molecule has 0 bridgehead atoms. The van der Waals surface area contributed by atoms with Crippen LogP contribution in [0, 0.1) is 0 Å². The van der Waals surface area contributed by atoms with Crippen LogP contribution < -0.4 is 5.32 Å². The largest absolute Gasteiger partial charge is 0.508 e. The first-order chi connectivity index (χ1) is 6.79. The van der Waals surface area contributed by atoms with E-state index in [4.69, 9.17) is 14.9 Å². The number of nitrogens with one attached hydrogen (secondary N) is 1. The zero-order valence-electron chi connectivity index (χ0n) is 7.94. The van der Waals surface area contributed by atoms with Gasteiger partial charge in [0.2, 0.25) is 0 Å². The zero-order valence-corrected chi connectivity index (χ0v) is 7.94. The minimum atomic E-state index is 0.0880. The van der Waals surface area contributed by atoms with Gasteiger partial charge in [0.1, 0.15) is 11.5 Å². The molecule has 0 saturated carbocycles. The summed E-state index contributed by atoms with van der Waals surface area (Å²) >= 11 is 0. The highest BCUT2D eigenvalue weighted by Crippen LogP contribution is 2.14. The van der Waals surface area contributed by atoms with Crippen LogP contribution in [-0.2, 0) is 4.74 Å². The number of hydrogen-bond acceptors (Lipinski definition) is 4. The maximum Gasteiger partial charge on any atom is 0.119 e. The maximum atomic E-state index is 8.65. The fourth-order valence-corrected chi connectivity index (χ4v) is 1.01. The molecule has 0 atom stereocenters. The molecule has 1 aromatic carbocycles. The van der Waals surface area contributed by atoms with E-state index in [1.807, 2.05) is 0 Å². The van der Waals surface area contributed by atoms with Crippen molar-refractivity contribution in [2.45, 2.75) is 0 Å². The smallest absolute Gasteiger partial charge is 0.119 e. The lowest BCUT2D eigenvalue weighted by Crippen LogP contribution is -2.30. The summed E-state index contributed by atoms with van der Waals surface area (Å²) in [6.45, 7) is 3.83. The van der Waals surface area contributed by atoms with Gasteiger partial charge in [0, 0.05) is 19.2 Å². The van der Waals surface area contributed by atoms with Crippen LogP contribution in [-0.4, -0.2) is 36.5 Å².